The molecule has 3 heterocycles. The van der Waals surface area contributed by atoms with Crippen LogP contribution in [0.1, 0.15) is 59.4 Å². The molecule has 2 aromatic heterocycles. The van der Waals surface area contributed by atoms with Crippen molar-refractivity contribution < 1.29 is 23.0 Å². The standard InChI is InChI=1S/C23H23F2N3O3/c1-23(6-8-31-20-11-18(25)17(24)10-16(20)23)27-22(29)15-5-7-28-14(12-30-2)9-19(13-3-4-13)26-21(15)28/h5,7,9-11,13H,3-4,6,8,12H2,1-2H3,(H,27,29). The van der Waals surface area contributed by atoms with Gasteiger partial charge in [-0.15, -0.1) is 0 Å². The lowest BCUT2D eigenvalue weighted by atomic mass is 9.86. The number of halogens is 2. The normalized spacial score (nSPS) is 20.4. The largest absolute Gasteiger partial charge is 0.493 e. The zero-order valence-electron chi connectivity index (χ0n) is 17.4. The van der Waals surface area contributed by atoms with E-state index in [4.69, 9.17) is 14.5 Å². The molecule has 1 saturated carbocycles. The summed E-state index contributed by atoms with van der Waals surface area (Å²) in [6.45, 7) is 2.48. The molecule has 0 saturated heterocycles. The lowest BCUT2D eigenvalue weighted by Crippen LogP contribution is -2.46. The number of nitrogens with zero attached hydrogens (tertiary/aromatic N) is 2. The smallest absolute Gasteiger partial charge is 0.255 e. The molecule has 3 aromatic rings. The van der Waals surface area contributed by atoms with Crippen LogP contribution in [0.25, 0.3) is 5.65 Å². The van der Waals surface area contributed by atoms with Gasteiger partial charge in [-0.3, -0.25) is 4.79 Å². The van der Waals surface area contributed by atoms with E-state index in [9.17, 15) is 13.6 Å². The third kappa shape index (κ3) is 3.44. The number of carbonyl (C=O) groups excluding carboxylic acids is 1. The van der Waals surface area contributed by atoms with Crippen LogP contribution in [0.15, 0.2) is 30.5 Å². The molecule has 0 spiro atoms. The van der Waals surface area contributed by atoms with Gasteiger partial charge in [0.15, 0.2) is 11.6 Å². The monoisotopic (exact) mass is 427 g/mol. The van der Waals surface area contributed by atoms with E-state index in [-0.39, 0.29) is 18.3 Å². The fraction of sp³-hybridized carbons (Fsp3) is 0.391. The molecular formula is C23H23F2N3O3. The Bertz CT molecular complexity index is 1190. The Hall–Kier alpha value is -3.00. The first-order chi connectivity index (χ1) is 14.9. The number of benzene rings is 1. The lowest BCUT2D eigenvalue weighted by Gasteiger charge is -2.36. The third-order valence-electron chi connectivity index (χ3n) is 6.12. The van der Waals surface area contributed by atoms with Crippen LogP contribution >= 0.6 is 0 Å². The second-order valence-corrected chi connectivity index (χ2v) is 8.45. The van der Waals surface area contributed by atoms with Crippen molar-refractivity contribution in [3.8, 4) is 5.75 Å². The van der Waals surface area contributed by atoms with Crippen molar-refractivity contribution in [3.05, 3.63) is 64.6 Å². The van der Waals surface area contributed by atoms with Gasteiger partial charge in [-0.25, -0.2) is 13.8 Å². The second-order valence-electron chi connectivity index (χ2n) is 8.45. The highest BCUT2D eigenvalue weighted by atomic mass is 19.2. The molecule has 6 nitrogen and oxygen atoms in total. The Morgan fingerprint density at radius 2 is 2.10 bits per heavy atom. The zero-order chi connectivity index (χ0) is 21.8. The van der Waals surface area contributed by atoms with Crippen molar-refractivity contribution in [2.45, 2.75) is 44.2 Å². The van der Waals surface area contributed by atoms with E-state index in [0.717, 1.165) is 36.4 Å². The predicted octanol–water partition coefficient (Wildman–Crippen LogP) is 4.06. The number of hydrogen-bond acceptors (Lipinski definition) is 4. The SMILES string of the molecule is COCc1cc(C2CC2)nc2c(C(=O)NC3(C)CCOc4cc(F)c(F)cc43)ccn12. The number of rotatable bonds is 5. The molecular weight excluding hydrogens is 404 g/mol. The maximum atomic E-state index is 13.9. The van der Waals surface area contributed by atoms with E-state index in [1.807, 2.05) is 10.5 Å². The number of methoxy groups -OCH3 is 1. The number of fused-ring (bicyclic) bond motifs is 2. The number of hydrogen-bond donors (Lipinski definition) is 1. The highest BCUT2D eigenvalue weighted by Gasteiger charge is 2.37. The van der Waals surface area contributed by atoms with Crippen LogP contribution in [0, 0.1) is 11.6 Å². The molecule has 0 bridgehead atoms. The summed E-state index contributed by atoms with van der Waals surface area (Å²) in [5.41, 5.74) is 2.39. The molecule has 1 aliphatic carbocycles. The van der Waals surface area contributed by atoms with E-state index >= 15 is 0 Å². The molecule has 5 rings (SSSR count). The minimum Gasteiger partial charge on any atom is -0.493 e. The van der Waals surface area contributed by atoms with Crippen LogP contribution in [-0.2, 0) is 16.9 Å². The molecule has 1 unspecified atom stereocenters. The summed E-state index contributed by atoms with van der Waals surface area (Å²) in [6, 6.07) is 5.89. The van der Waals surface area contributed by atoms with Crippen molar-refractivity contribution in [2.24, 2.45) is 0 Å². The van der Waals surface area contributed by atoms with Crippen LogP contribution in [0.3, 0.4) is 0 Å². The Kier molecular flexibility index (Phi) is 4.69. The highest BCUT2D eigenvalue weighted by Crippen LogP contribution is 2.40. The molecule has 1 amide bonds. The predicted molar refractivity (Wildman–Crippen MR) is 109 cm³/mol. The number of amides is 1. The first-order valence-electron chi connectivity index (χ1n) is 10.3. The molecule has 1 N–H and O–H groups in total. The van der Waals surface area contributed by atoms with Crippen LogP contribution in [-0.4, -0.2) is 29.0 Å². The van der Waals surface area contributed by atoms with Crippen LogP contribution < -0.4 is 10.1 Å². The van der Waals surface area contributed by atoms with Crippen LogP contribution in [0.4, 0.5) is 8.78 Å². The van der Waals surface area contributed by atoms with E-state index in [1.54, 1.807) is 26.3 Å². The topological polar surface area (TPSA) is 64.9 Å². The highest BCUT2D eigenvalue weighted by molar-refractivity contribution is 6.00. The molecule has 8 heteroatoms. The second kappa shape index (κ2) is 7.30. The van der Waals surface area contributed by atoms with Crippen molar-refractivity contribution in [3.63, 3.8) is 0 Å². The quantitative estimate of drug-likeness (QED) is 0.667. The maximum absolute atomic E-state index is 13.9. The molecule has 0 radical (unpaired) electrons. The summed E-state index contributed by atoms with van der Waals surface area (Å²) in [6.07, 6.45) is 4.42. The average molecular weight is 427 g/mol. The van der Waals surface area contributed by atoms with E-state index in [1.165, 1.54) is 0 Å². The van der Waals surface area contributed by atoms with Gasteiger partial charge in [0.05, 0.1) is 30.0 Å². The Labute approximate surface area is 178 Å². The van der Waals surface area contributed by atoms with Gasteiger partial charge in [0.2, 0.25) is 0 Å². The molecule has 1 aromatic carbocycles. The molecule has 1 fully saturated rings. The zero-order valence-corrected chi connectivity index (χ0v) is 17.4. The maximum Gasteiger partial charge on any atom is 0.255 e. The number of nitrogens with one attached hydrogen (secondary N) is 1. The Balaban J connectivity index is 1.52. The minimum atomic E-state index is -0.977. The fourth-order valence-electron chi connectivity index (χ4n) is 4.22. The summed E-state index contributed by atoms with van der Waals surface area (Å²) < 4.78 is 40.3. The van der Waals surface area contributed by atoms with Gasteiger partial charge < -0.3 is 19.2 Å². The fourth-order valence-corrected chi connectivity index (χ4v) is 4.22. The van der Waals surface area contributed by atoms with Gasteiger partial charge in [-0.2, -0.15) is 0 Å². The first kappa shape index (κ1) is 19.9. The molecule has 2 aliphatic rings. The number of ether oxygens (including phenoxy) is 2. The lowest BCUT2D eigenvalue weighted by molar-refractivity contribution is 0.0874. The summed E-state index contributed by atoms with van der Waals surface area (Å²) in [7, 11) is 1.63. The van der Waals surface area contributed by atoms with Crippen molar-refractivity contribution >= 4 is 11.6 Å². The van der Waals surface area contributed by atoms with E-state index in [2.05, 4.69) is 5.32 Å². The summed E-state index contributed by atoms with van der Waals surface area (Å²) in [5.74, 6) is -1.61. The van der Waals surface area contributed by atoms with Gasteiger partial charge in [0, 0.05) is 43.0 Å². The third-order valence-corrected chi connectivity index (χ3v) is 6.12. The van der Waals surface area contributed by atoms with Crippen LogP contribution in [0.2, 0.25) is 0 Å². The number of carbonyl (C=O) groups is 1. The van der Waals surface area contributed by atoms with Crippen molar-refractivity contribution in [2.75, 3.05) is 13.7 Å². The minimum absolute atomic E-state index is 0.242. The summed E-state index contributed by atoms with van der Waals surface area (Å²) in [4.78, 5) is 18.1. The number of aromatic nitrogens is 2. The Morgan fingerprint density at radius 3 is 2.84 bits per heavy atom. The summed E-state index contributed by atoms with van der Waals surface area (Å²) >= 11 is 0. The van der Waals surface area contributed by atoms with Gasteiger partial charge in [-0.1, -0.05) is 0 Å². The van der Waals surface area contributed by atoms with Crippen molar-refractivity contribution in [1.82, 2.24) is 14.7 Å². The van der Waals surface area contributed by atoms with Gasteiger partial charge in [-0.05, 0) is 38.0 Å². The van der Waals surface area contributed by atoms with Gasteiger partial charge in [0.1, 0.15) is 11.4 Å². The van der Waals surface area contributed by atoms with Gasteiger partial charge in [0.25, 0.3) is 5.91 Å². The van der Waals surface area contributed by atoms with E-state index < -0.39 is 17.2 Å². The summed E-state index contributed by atoms with van der Waals surface area (Å²) in [5, 5.41) is 3.02. The average Bonchev–Trinajstić information content (AvgIpc) is 3.49. The van der Waals surface area contributed by atoms with Crippen molar-refractivity contribution in [1.29, 1.82) is 0 Å². The van der Waals surface area contributed by atoms with E-state index in [0.29, 0.717) is 35.7 Å². The molecule has 1 atom stereocenters. The molecule has 31 heavy (non-hydrogen) atoms. The Morgan fingerprint density at radius 1 is 1.32 bits per heavy atom. The first-order valence-corrected chi connectivity index (χ1v) is 10.3. The molecule has 1 aliphatic heterocycles. The van der Waals surface area contributed by atoms with Crippen LogP contribution in [0.5, 0.6) is 5.75 Å². The molecule has 162 valence electrons. The van der Waals surface area contributed by atoms with Gasteiger partial charge >= 0.3 is 0 Å².